The molecule has 0 bridgehead atoms. The van der Waals surface area contributed by atoms with Crippen molar-refractivity contribution >= 4 is 21.4 Å². The number of sulfone groups is 1. The Kier molecular flexibility index (Phi) is 5.86. The zero-order chi connectivity index (χ0) is 17.7. The average Bonchev–Trinajstić information content (AvgIpc) is 2.54. The van der Waals surface area contributed by atoms with Crippen LogP contribution in [0, 0.1) is 10.1 Å². The number of ether oxygens (including phenoxy) is 1. The molecular formula is C14H19N3O6S. The van der Waals surface area contributed by atoms with Crippen LogP contribution in [-0.2, 0) is 14.6 Å². The van der Waals surface area contributed by atoms with Gasteiger partial charge in [0.05, 0.1) is 23.0 Å². The lowest BCUT2D eigenvalue weighted by atomic mass is 10.2. The molecule has 1 saturated heterocycles. The number of nitro groups is 1. The van der Waals surface area contributed by atoms with E-state index in [0.717, 1.165) is 37.5 Å². The van der Waals surface area contributed by atoms with Crippen molar-refractivity contribution in [1.82, 2.24) is 10.2 Å². The smallest absolute Gasteiger partial charge is 0.271 e. The molecule has 1 aliphatic rings. The van der Waals surface area contributed by atoms with Crippen LogP contribution >= 0.6 is 0 Å². The maximum Gasteiger partial charge on any atom is 0.271 e. The van der Waals surface area contributed by atoms with Crippen molar-refractivity contribution in [2.24, 2.45) is 0 Å². The molecule has 1 N–H and O–H groups in total. The minimum atomic E-state index is -3.66. The van der Waals surface area contributed by atoms with Gasteiger partial charge in [-0.25, -0.2) is 8.42 Å². The Balaban J connectivity index is 2.07. The van der Waals surface area contributed by atoms with E-state index in [1.54, 1.807) is 0 Å². The molecule has 1 aromatic rings. The highest BCUT2D eigenvalue weighted by atomic mass is 32.2. The predicted octanol–water partition coefficient (Wildman–Crippen LogP) is 0.0603. The van der Waals surface area contributed by atoms with Gasteiger partial charge in [-0.3, -0.25) is 19.8 Å². The summed E-state index contributed by atoms with van der Waals surface area (Å²) in [6, 6.07) is 3.16. The zero-order valence-corrected chi connectivity index (χ0v) is 14.0. The van der Waals surface area contributed by atoms with E-state index < -0.39 is 26.4 Å². The summed E-state index contributed by atoms with van der Waals surface area (Å²) in [5, 5.41) is 13.6. The van der Waals surface area contributed by atoms with E-state index in [1.807, 2.05) is 0 Å². The summed E-state index contributed by atoms with van der Waals surface area (Å²) in [6.45, 7) is 3.85. The Morgan fingerprint density at radius 3 is 2.58 bits per heavy atom. The molecule has 132 valence electrons. The van der Waals surface area contributed by atoms with Gasteiger partial charge < -0.3 is 10.1 Å². The van der Waals surface area contributed by atoms with E-state index >= 15 is 0 Å². The third-order valence-corrected chi connectivity index (χ3v) is 4.70. The molecule has 0 atom stereocenters. The molecule has 1 amide bonds. The fourth-order valence-electron chi connectivity index (χ4n) is 2.29. The molecule has 0 aromatic heterocycles. The third kappa shape index (κ3) is 4.98. The van der Waals surface area contributed by atoms with Gasteiger partial charge >= 0.3 is 0 Å². The third-order valence-electron chi connectivity index (χ3n) is 3.61. The first-order valence-electron chi connectivity index (χ1n) is 7.35. The first-order chi connectivity index (χ1) is 11.3. The number of amides is 1. The molecule has 10 heteroatoms. The van der Waals surface area contributed by atoms with Crippen molar-refractivity contribution in [2.45, 2.75) is 4.90 Å². The first kappa shape index (κ1) is 18.3. The molecule has 1 aromatic carbocycles. The van der Waals surface area contributed by atoms with Gasteiger partial charge in [0, 0.05) is 50.1 Å². The van der Waals surface area contributed by atoms with E-state index in [0.29, 0.717) is 26.3 Å². The van der Waals surface area contributed by atoms with Crippen molar-refractivity contribution in [2.75, 3.05) is 45.6 Å². The summed E-state index contributed by atoms with van der Waals surface area (Å²) < 4.78 is 28.5. The number of morpholine rings is 1. The molecule has 0 saturated carbocycles. The Bertz CT molecular complexity index is 728. The van der Waals surface area contributed by atoms with Gasteiger partial charge in [-0.05, 0) is 6.07 Å². The number of hydrogen-bond acceptors (Lipinski definition) is 7. The molecule has 2 rings (SSSR count). The van der Waals surface area contributed by atoms with E-state index in [4.69, 9.17) is 4.74 Å². The molecule has 0 aliphatic carbocycles. The van der Waals surface area contributed by atoms with Crippen molar-refractivity contribution in [3.63, 3.8) is 0 Å². The van der Waals surface area contributed by atoms with Crippen LogP contribution in [0.1, 0.15) is 10.4 Å². The SMILES string of the molecule is CS(=O)(=O)c1cc(C(=O)NCCN2CCOCC2)cc([N+](=O)[O-])c1. The largest absolute Gasteiger partial charge is 0.379 e. The maximum absolute atomic E-state index is 12.2. The van der Waals surface area contributed by atoms with E-state index in [-0.39, 0.29) is 10.5 Å². The van der Waals surface area contributed by atoms with Crippen molar-refractivity contribution in [1.29, 1.82) is 0 Å². The highest BCUT2D eigenvalue weighted by Crippen LogP contribution is 2.20. The standard InChI is InChI=1S/C14H19N3O6S/c1-24(21,22)13-9-11(8-12(10-13)17(19)20)14(18)15-2-3-16-4-6-23-7-5-16/h8-10H,2-7H2,1H3,(H,15,18). The second kappa shape index (κ2) is 7.69. The summed E-state index contributed by atoms with van der Waals surface area (Å²) >= 11 is 0. The second-order valence-corrected chi connectivity index (χ2v) is 7.47. The fraction of sp³-hybridized carbons (Fsp3) is 0.500. The van der Waals surface area contributed by atoms with Crippen LogP contribution in [0.5, 0.6) is 0 Å². The van der Waals surface area contributed by atoms with Crippen LogP contribution in [0.2, 0.25) is 0 Å². The summed E-state index contributed by atoms with van der Waals surface area (Å²) in [5.74, 6) is -0.545. The number of hydrogen-bond donors (Lipinski definition) is 1. The minimum Gasteiger partial charge on any atom is -0.379 e. The lowest BCUT2D eigenvalue weighted by molar-refractivity contribution is -0.385. The normalized spacial score (nSPS) is 15.9. The van der Waals surface area contributed by atoms with Gasteiger partial charge in [0.25, 0.3) is 11.6 Å². The molecule has 0 unspecified atom stereocenters. The molecule has 0 radical (unpaired) electrons. The van der Waals surface area contributed by atoms with Crippen molar-refractivity contribution in [3.8, 4) is 0 Å². The predicted molar refractivity (Wildman–Crippen MR) is 85.8 cm³/mol. The molecule has 9 nitrogen and oxygen atoms in total. The molecular weight excluding hydrogens is 338 g/mol. The van der Waals surface area contributed by atoms with E-state index in [9.17, 15) is 23.3 Å². The van der Waals surface area contributed by atoms with Crippen LogP contribution in [0.15, 0.2) is 23.1 Å². The second-order valence-electron chi connectivity index (χ2n) is 5.45. The van der Waals surface area contributed by atoms with Crippen molar-refractivity contribution < 1.29 is 22.9 Å². The number of carbonyl (C=O) groups excluding carboxylic acids is 1. The van der Waals surface area contributed by atoms with Gasteiger partial charge in [0.2, 0.25) is 0 Å². The highest BCUT2D eigenvalue weighted by molar-refractivity contribution is 7.90. The quantitative estimate of drug-likeness (QED) is 0.565. The summed E-state index contributed by atoms with van der Waals surface area (Å²) in [6.07, 6.45) is 0.937. The van der Waals surface area contributed by atoms with Crippen LogP contribution in [0.4, 0.5) is 5.69 Å². The number of nitrogens with zero attached hydrogens (tertiary/aromatic N) is 2. The number of rotatable bonds is 6. The highest BCUT2D eigenvalue weighted by Gasteiger charge is 2.19. The summed E-state index contributed by atoms with van der Waals surface area (Å²) in [4.78, 5) is 24.3. The minimum absolute atomic E-state index is 0.0494. The van der Waals surface area contributed by atoms with Crippen LogP contribution < -0.4 is 5.32 Å². The lowest BCUT2D eigenvalue weighted by Gasteiger charge is -2.26. The number of benzene rings is 1. The molecule has 1 heterocycles. The monoisotopic (exact) mass is 357 g/mol. The number of carbonyl (C=O) groups is 1. The zero-order valence-electron chi connectivity index (χ0n) is 13.2. The van der Waals surface area contributed by atoms with E-state index in [1.165, 1.54) is 0 Å². The molecule has 24 heavy (non-hydrogen) atoms. The molecule has 1 aliphatic heterocycles. The number of nitrogens with one attached hydrogen (secondary N) is 1. The number of non-ortho nitro benzene ring substituents is 1. The van der Waals surface area contributed by atoms with Crippen LogP contribution in [0.3, 0.4) is 0 Å². The molecule has 1 fully saturated rings. The van der Waals surface area contributed by atoms with Crippen LogP contribution in [-0.4, -0.2) is 69.8 Å². The van der Waals surface area contributed by atoms with Gasteiger partial charge in [0.15, 0.2) is 9.84 Å². The van der Waals surface area contributed by atoms with E-state index in [2.05, 4.69) is 10.2 Å². The van der Waals surface area contributed by atoms with Gasteiger partial charge in [-0.2, -0.15) is 0 Å². The number of nitro benzene ring substituents is 1. The Morgan fingerprint density at radius 1 is 1.33 bits per heavy atom. The van der Waals surface area contributed by atoms with Crippen molar-refractivity contribution in [3.05, 3.63) is 33.9 Å². The summed E-state index contributed by atoms with van der Waals surface area (Å²) in [7, 11) is -3.66. The summed E-state index contributed by atoms with van der Waals surface area (Å²) in [5.41, 5.74) is -0.483. The van der Waals surface area contributed by atoms with Gasteiger partial charge in [-0.15, -0.1) is 0 Å². The van der Waals surface area contributed by atoms with Crippen LogP contribution in [0.25, 0.3) is 0 Å². The maximum atomic E-state index is 12.2. The Morgan fingerprint density at radius 2 is 2.00 bits per heavy atom. The topological polar surface area (TPSA) is 119 Å². The Hall–Kier alpha value is -2.04. The Labute approximate surface area is 139 Å². The first-order valence-corrected chi connectivity index (χ1v) is 9.24. The average molecular weight is 357 g/mol. The van der Waals surface area contributed by atoms with Gasteiger partial charge in [-0.1, -0.05) is 0 Å². The lowest BCUT2D eigenvalue weighted by Crippen LogP contribution is -2.41. The van der Waals surface area contributed by atoms with Gasteiger partial charge in [0.1, 0.15) is 0 Å². The molecule has 0 spiro atoms. The fourth-order valence-corrected chi connectivity index (χ4v) is 2.96.